The number of carbonyl (C=O) groups excluding carboxylic acids is 3. The van der Waals surface area contributed by atoms with Crippen molar-refractivity contribution in [1.29, 1.82) is 0 Å². The Labute approximate surface area is 181 Å². The van der Waals surface area contributed by atoms with Crippen molar-refractivity contribution in [3.05, 3.63) is 59.2 Å². The Hall–Kier alpha value is -3.35. The van der Waals surface area contributed by atoms with Gasteiger partial charge in [-0.1, -0.05) is 30.3 Å². The first-order valence-electron chi connectivity index (χ1n) is 10.6. The highest BCUT2D eigenvalue weighted by molar-refractivity contribution is 5.99. The van der Waals surface area contributed by atoms with E-state index in [1.165, 1.54) is 24.0 Å². The molecular weight excluding hydrogens is 396 g/mol. The van der Waals surface area contributed by atoms with Gasteiger partial charge >= 0.3 is 5.97 Å². The van der Waals surface area contributed by atoms with E-state index in [0.29, 0.717) is 11.4 Å². The first-order valence-corrected chi connectivity index (χ1v) is 10.6. The fraction of sp³-hybridized carbons (Fsp3) is 0.375. The summed E-state index contributed by atoms with van der Waals surface area (Å²) in [6.45, 7) is 1.50. The zero-order chi connectivity index (χ0) is 21.8. The first-order chi connectivity index (χ1) is 15.0. The molecule has 0 spiro atoms. The molecule has 2 amide bonds. The molecule has 7 nitrogen and oxygen atoms in total. The number of para-hydroxylation sites is 2. The number of nitrogens with one attached hydrogen (secondary N) is 2. The van der Waals surface area contributed by atoms with Crippen LogP contribution in [-0.4, -0.2) is 30.5 Å². The third kappa shape index (κ3) is 5.05. The number of anilines is 1. The van der Waals surface area contributed by atoms with E-state index >= 15 is 0 Å². The number of benzene rings is 2. The van der Waals surface area contributed by atoms with Gasteiger partial charge in [0.2, 0.25) is 0 Å². The maximum atomic E-state index is 12.2. The number of carbonyl (C=O) groups is 3. The Morgan fingerprint density at radius 2 is 1.94 bits per heavy atom. The molecule has 31 heavy (non-hydrogen) atoms. The van der Waals surface area contributed by atoms with Crippen LogP contribution in [0.25, 0.3) is 0 Å². The Balaban J connectivity index is 1.25. The van der Waals surface area contributed by atoms with Crippen LogP contribution in [0.15, 0.2) is 42.5 Å². The highest BCUT2D eigenvalue weighted by atomic mass is 16.5. The maximum absolute atomic E-state index is 12.2. The number of fused-ring (bicyclic) bond motifs is 2. The minimum atomic E-state index is -0.986. The summed E-state index contributed by atoms with van der Waals surface area (Å²) in [7, 11) is 0. The van der Waals surface area contributed by atoms with Crippen molar-refractivity contribution in [2.75, 3.05) is 11.9 Å². The summed E-state index contributed by atoms with van der Waals surface area (Å²) in [6.07, 6.45) is 3.35. The third-order valence-corrected chi connectivity index (χ3v) is 5.67. The molecule has 0 saturated heterocycles. The number of amides is 2. The van der Waals surface area contributed by atoms with Gasteiger partial charge < -0.3 is 20.1 Å². The molecule has 0 bridgehead atoms. The average molecular weight is 422 g/mol. The van der Waals surface area contributed by atoms with E-state index in [-0.39, 0.29) is 12.5 Å². The number of hydrogen-bond donors (Lipinski definition) is 2. The van der Waals surface area contributed by atoms with Crippen molar-refractivity contribution < 1.29 is 23.9 Å². The van der Waals surface area contributed by atoms with Crippen molar-refractivity contribution in [2.24, 2.45) is 0 Å². The third-order valence-electron chi connectivity index (χ3n) is 5.67. The average Bonchev–Trinajstić information content (AvgIpc) is 2.78. The summed E-state index contributed by atoms with van der Waals surface area (Å²) in [4.78, 5) is 36.5. The number of hydrogen-bond acceptors (Lipinski definition) is 5. The molecule has 2 aromatic carbocycles. The van der Waals surface area contributed by atoms with E-state index < -0.39 is 30.5 Å². The lowest BCUT2D eigenvalue weighted by molar-refractivity contribution is -0.151. The van der Waals surface area contributed by atoms with Crippen molar-refractivity contribution in [1.82, 2.24) is 5.32 Å². The molecule has 2 aromatic rings. The molecule has 2 N–H and O–H groups in total. The van der Waals surface area contributed by atoms with Crippen LogP contribution in [0.1, 0.15) is 48.9 Å². The second-order valence-electron chi connectivity index (χ2n) is 7.98. The molecule has 0 aromatic heterocycles. The van der Waals surface area contributed by atoms with Gasteiger partial charge in [-0.05, 0) is 61.4 Å². The van der Waals surface area contributed by atoms with Crippen LogP contribution < -0.4 is 15.4 Å². The molecule has 0 radical (unpaired) electrons. The molecule has 7 heteroatoms. The zero-order valence-electron chi connectivity index (χ0n) is 17.5. The topological polar surface area (TPSA) is 93.7 Å². The van der Waals surface area contributed by atoms with Crippen molar-refractivity contribution in [3.63, 3.8) is 0 Å². The lowest BCUT2D eigenvalue weighted by Crippen LogP contribution is -2.39. The molecule has 0 unspecified atom stereocenters. The fourth-order valence-electron chi connectivity index (χ4n) is 3.97. The molecule has 2 aliphatic rings. The Morgan fingerprint density at radius 3 is 2.77 bits per heavy atom. The van der Waals surface area contributed by atoms with Crippen LogP contribution in [0.4, 0.5) is 5.69 Å². The summed E-state index contributed by atoms with van der Waals surface area (Å²) in [6, 6.07) is 13.1. The second kappa shape index (κ2) is 9.20. The highest BCUT2D eigenvalue weighted by Crippen LogP contribution is 2.29. The minimum Gasteiger partial charge on any atom is -0.478 e. The quantitative estimate of drug-likeness (QED) is 0.698. The molecule has 4 rings (SSSR count). The summed E-state index contributed by atoms with van der Waals surface area (Å²) in [5, 5.41) is 5.55. The molecule has 1 aliphatic carbocycles. The van der Waals surface area contributed by atoms with Crippen LogP contribution in [-0.2, 0) is 32.0 Å². The Morgan fingerprint density at radius 1 is 1.16 bits per heavy atom. The van der Waals surface area contributed by atoms with Crippen LogP contribution in [0.2, 0.25) is 0 Å². The van der Waals surface area contributed by atoms with Gasteiger partial charge in [-0.3, -0.25) is 14.4 Å². The zero-order valence-corrected chi connectivity index (χ0v) is 17.5. The van der Waals surface area contributed by atoms with Gasteiger partial charge in [0.25, 0.3) is 11.8 Å². The van der Waals surface area contributed by atoms with E-state index in [2.05, 4.69) is 22.8 Å². The minimum absolute atomic E-state index is 0.192. The van der Waals surface area contributed by atoms with Gasteiger partial charge in [0.05, 0.1) is 18.2 Å². The largest absolute Gasteiger partial charge is 0.478 e. The van der Waals surface area contributed by atoms with Gasteiger partial charge in [0.1, 0.15) is 5.75 Å². The number of esters is 1. The van der Waals surface area contributed by atoms with Crippen LogP contribution in [0.5, 0.6) is 5.75 Å². The number of ether oxygens (including phenoxy) is 2. The molecule has 2 atom stereocenters. The fourth-order valence-corrected chi connectivity index (χ4v) is 3.97. The summed E-state index contributed by atoms with van der Waals surface area (Å²) >= 11 is 0. The van der Waals surface area contributed by atoms with E-state index in [0.717, 1.165) is 18.4 Å². The summed E-state index contributed by atoms with van der Waals surface area (Å²) in [5.41, 5.74) is 4.33. The highest BCUT2D eigenvalue weighted by Gasteiger charge is 2.30. The Kier molecular flexibility index (Phi) is 6.21. The normalized spacial score (nSPS) is 18.0. The predicted molar refractivity (Wildman–Crippen MR) is 115 cm³/mol. The lowest BCUT2D eigenvalue weighted by atomic mass is 9.89. The van der Waals surface area contributed by atoms with Gasteiger partial charge in [0.15, 0.2) is 12.7 Å². The number of rotatable bonds is 6. The van der Waals surface area contributed by atoms with E-state index in [1.54, 1.807) is 24.3 Å². The molecule has 1 aliphatic heterocycles. The van der Waals surface area contributed by atoms with E-state index in [1.807, 2.05) is 13.0 Å². The second-order valence-corrected chi connectivity index (χ2v) is 7.98. The van der Waals surface area contributed by atoms with Crippen molar-refractivity contribution >= 4 is 23.5 Å². The smallest absolute Gasteiger partial charge is 0.310 e. The maximum Gasteiger partial charge on any atom is 0.310 e. The molecule has 162 valence electrons. The van der Waals surface area contributed by atoms with Crippen LogP contribution in [0, 0.1) is 0 Å². The monoisotopic (exact) mass is 422 g/mol. The molecule has 1 heterocycles. The van der Waals surface area contributed by atoms with Crippen LogP contribution >= 0.6 is 0 Å². The van der Waals surface area contributed by atoms with Gasteiger partial charge in [-0.25, -0.2) is 0 Å². The SMILES string of the molecule is C[C@H](NC(=O)COC(=O)C[C@@H]1Oc2ccccc2NC1=O)c1ccc2c(c1)CCCC2. The standard InChI is InChI=1S/C24H26N2O5/c1-15(17-11-10-16-6-2-3-7-18(16)12-17)25-22(27)14-30-23(28)13-21-24(29)26-19-8-4-5-9-20(19)31-21/h4-5,8-12,15,21H,2-3,6-7,13-14H2,1H3,(H,25,27)(H,26,29)/t15-,21-/m0/s1. The van der Waals surface area contributed by atoms with Gasteiger partial charge in [-0.15, -0.1) is 0 Å². The molecule has 0 saturated carbocycles. The Bertz CT molecular complexity index is 1000. The van der Waals surface area contributed by atoms with Gasteiger partial charge in [0, 0.05) is 0 Å². The first kappa shape index (κ1) is 20.9. The van der Waals surface area contributed by atoms with Crippen molar-refractivity contribution in [2.45, 2.75) is 51.2 Å². The molecule has 0 fully saturated rings. The van der Waals surface area contributed by atoms with Crippen molar-refractivity contribution in [3.8, 4) is 5.75 Å². The summed E-state index contributed by atoms with van der Waals surface area (Å²) in [5.74, 6) is -0.980. The van der Waals surface area contributed by atoms with E-state index in [9.17, 15) is 14.4 Å². The number of aryl methyl sites for hydroxylation is 2. The molecular formula is C24H26N2O5. The van der Waals surface area contributed by atoms with Gasteiger partial charge in [-0.2, -0.15) is 0 Å². The summed E-state index contributed by atoms with van der Waals surface area (Å²) < 4.78 is 10.6. The lowest BCUT2D eigenvalue weighted by Gasteiger charge is -2.25. The van der Waals surface area contributed by atoms with E-state index in [4.69, 9.17) is 9.47 Å². The van der Waals surface area contributed by atoms with Crippen LogP contribution in [0.3, 0.4) is 0 Å². The predicted octanol–water partition coefficient (Wildman–Crippen LogP) is 3.08.